The topological polar surface area (TPSA) is 84.3 Å². The van der Waals surface area contributed by atoms with Crippen LogP contribution in [0, 0.1) is 10.1 Å². The van der Waals surface area contributed by atoms with Crippen LogP contribution in [0.5, 0.6) is 0 Å². The summed E-state index contributed by atoms with van der Waals surface area (Å²) in [5.74, 6) is -0.103. The summed E-state index contributed by atoms with van der Waals surface area (Å²) in [6.07, 6.45) is 3.52. The molecule has 0 aliphatic carbocycles. The highest BCUT2D eigenvalue weighted by Crippen LogP contribution is 2.18. The maximum atomic E-state index is 11.7. The van der Waals surface area contributed by atoms with Gasteiger partial charge in [0.2, 0.25) is 5.91 Å². The van der Waals surface area contributed by atoms with Crippen molar-refractivity contribution >= 4 is 17.3 Å². The van der Waals surface area contributed by atoms with Gasteiger partial charge in [-0.15, -0.1) is 0 Å². The van der Waals surface area contributed by atoms with Crippen molar-refractivity contribution in [1.29, 1.82) is 0 Å². The molecule has 1 aromatic carbocycles. The first-order valence-corrected chi connectivity index (χ1v) is 6.43. The molecule has 1 heterocycles. The summed E-state index contributed by atoms with van der Waals surface area (Å²) in [5, 5.41) is 16.6. The van der Waals surface area contributed by atoms with Crippen LogP contribution in [0.1, 0.15) is 25.7 Å². The minimum absolute atomic E-state index is 0.0183. The van der Waals surface area contributed by atoms with E-state index in [1.54, 1.807) is 12.1 Å². The van der Waals surface area contributed by atoms with E-state index < -0.39 is 4.92 Å². The van der Waals surface area contributed by atoms with Crippen LogP contribution in [0.3, 0.4) is 0 Å². The van der Waals surface area contributed by atoms with E-state index in [2.05, 4.69) is 10.6 Å². The summed E-state index contributed by atoms with van der Waals surface area (Å²) in [6, 6.07) is 6.41. The Morgan fingerprint density at radius 1 is 1.53 bits per heavy atom. The third kappa shape index (κ3) is 4.03. The molecule has 19 heavy (non-hydrogen) atoms. The molecule has 102 valence electrons. The van der Waals surface area contributed by atoms with E-state index in [0.29, 0.717) is 18.2 Å². The SMILES string of the molecule is O=C(CCC1CCCN1)Nc1cccc([N+](=O)[O-])c1. The smallest absolute Gasteiger partial charge is 0.271 e. The predicted octanol–water partition coefficient (Wildman–Crippen LogP) is 2.07. The maximum Gasteiger partial charge on any atom is 0.271 e. The molecule has 6 nitrogen and oxygen atoms in total. The summed E-state index contributed by atoms with van der Waals surface area (Å²) in [7, 11) is 0. The Kier molecular flexibility index (Phi) is 4.46. The highest BCUT2D eigenvalue weighted by atomic mass is 16.6. The standard InChI is InChI=1S/C13H17N3O3/c17-13(7-6-10-4-2-8-14-10)15-11-3-1-5-12(9-11)16(18)19/h1,3,5,9-10,14H,2,4,6-8H2,(H,15,17). The van der Waals surface area contributed by atoms with Crippen LogP contribution in [-0.4, -0.2) is 23.4 Å². The summed E-state index contributed by atoms with van der Waals surface area (Å²) in [5.41, 5.74) is 0.453. The second-order valence-electron chi connectivity index (χ2n) is 4.69. The number of nitrogens with zero attached hydrogens (tertiary/aromatic N) is 1. The highest BCUT2D eigenvalue weighted by Gasteiger charge is 2.15. The number of anilines is 1. The van der Waals surface area contributed by atoms with Gasteiger partial charge in [-0.05, 0) is 31.9 Å². The number of benzene rings is 1. The fourth-order valence-electron chi connectivity index (χ4n) is 2.23. The lowest BCUT2D eigenvalue weighted by atomic mass is 10.1. The predicted molar refractivity (Wildman–Crippen MR) is 72.0 cm³/mol. The lowest BCUT2D eigenvalue weighted by Crippen LogP contribution is -2.23. The molecule has 1 aliphatic rings. The van der Waals surface area contributed by atoms with Crippen LogP contribution >= 0.6 is 0 Å². The van der Waals surface area contributed by atoms with E-state index >= 15 is 0 Å². The van der Waals surface area contributed by atoms with Crippen LogP contribution < -0.4 is 10.6 Å². The Hall–Kier alpha value is -1.95. The van der Waals surface area contributed by atoms with Crippen LogP contribution in [0.2, 0.25) is 0 Å². The number of hydrogen-bond donors (Lipinski definition) is 2. The van der Waals surface area contributed by atoms with Gasteiger partial charge in [-0.2, -0.15) is 0 Å². The zero-order chi connectivity index (χ0) is 13.7. The van der Waals surface area contributed by atoms with Gasteiger partial charge in [0.15, 0.2) is 0 Å². The van der Waals surface area contributed by atoms with Gasteiger partial charge in [-0.25, -0.2) is 0 Å². The molecule has 2 rings (SSSR count). The van der Waals surface area contributed by atoms with E-state index in [0.717, 1.165) is 25.8 Å². The number of non-ortho nitro benzene ring substituents is 1. The van der Waals surface area contributed by atoms with Crippen molar-refractivity contribution in [3.05, 3.63) is 34.4 Å². The van der Waals surface area contributed by atoms with Gasteiger partial charge in [0.25, 0.3) is 5.69 Å². The number of carbonyl (C=O) groups excluding carboxylic acids is 1. The first-order valence-electron chi connectivity index (χ1n) is 6.43. The van der Waals surface area contributed by atoms with E-state index in [9.17, 15) is 14.9 Å². The molecular formula is C13H17N3O3. The number of nitro groups is 1. The van der Waals surface area contributed by atoms with Crippen LogP contribution in [0.4, 0.5) is 11.4 Å². The van der Waals surface area contributed by atoms with Crippen molar-refractivity contribution in [2.45, 2.75) is 31.7 Å². The lowest BCUT2D eigenvalue weighted by molar-refractivity contribution is -0.384. The van der Waals surface area contributed by atoms with Gasteiger partial charge >= 0.3 is 0 Å². The Bertz CT molecular complexity index is 470. The van der Waals surface area contributed by atoms with E-state index in [4.69, 9.17) is 0 Å². The summed E-state index contributed by atoms with van der Waals surface area (Å²) in [4.78, 5) is 21.9. The molecule has 1 aromatic rings. The van der Waals surface area contributed by atoms with Gasteiger partial charge < -0.3 is 10.6 Å². The number of nitrogens with one attached hydrogen (secondary N) is 2. The molecule has 1 fully saturated rings. The van der Waals surface area contributed by atoms with Crippen LogP contribution in [0.25, 0.3) is 0 Å². The third-order valence-corrected chi connectivity index (χ3v) is 3.22. The summed E-state index contributed by atoms with van der Waals surface area (Å²) < 4.78 is 0. The average Bonchev–Trinajstić information content (AvgIpc) is 2.90. The van der Waals surface area contributed by atoms with Gasteiger partial charge in [-0.1, -0.05) is 6.07 Å². The Labute approximate surface area is 111 Å². The number of nitro benzene ring substituents is 1. The maximum absolute atomic E-state index is 11.7. The zero-order valence-corrected chi connectivity index (χ0v) is 10.6. The monoisotopic (exact) mass is 263 g/mol. The second kappa shape index (κ2) is 6.29. The number of amides is 1. The number of hydrogen-bond acceptors (Lipinski definition) is 4. The molecule has 0 saturated carbocycles. The summed E-state index contributed by atoms with van der Waals surface area (Å²) in [6.45, 7) is 1.02. The van der Waals surface area contributed by atoms with Crippen molar-refractivity contribution in [3.63, 3.8) is 0 Å². The summed E-state index contributed by atoms with van der Waals surface area (Å²) >= 11 is 0. The molecule has 1 atom stereocenters. The minimum atomic E-state index is -0.474. The van der Waals surface area contributed by atoms with Crippen molar-refractivity contribution < 1.29 is 9.72 Å². The number of carbonyl (C=O) groups is 1. The molecule has 0 bridgehead atoms. The fourth-order valence-corrected chi connectivity index (χ4v) is 2.23. The molecule has 1 saturated heterocycles. The van der Waals surface area contributed by atoms with Gasteiger partial charge in [0.1, 0.15) is 0 Å². The normalized spacial score (nSPS) is 18.2. The van der Waals surface area contributed by atoms with Crippen LogP contribution in [0.15, 0.2) is 24.3 Å². The van der Waals surface area contributed by atoms with Gasteiger partial charge in [-0.3, -0.25) is 14.9 Å². The average molecular weight is 263 g/mol. The highest BCUT2D eigenvalue weighted by molar-refractivity contribution is 5.91. The largest absolute Gasteiger partial charge is 0.326 e. The van der Waals surface area contributed by atoms with E-state index in [1.165, 1.54) is 12.1 Å². The van der Waals surface area contributed by atoms with Gasteiger partial charge in [0.05, 0.1) is 4.92 Å². The number of rotatable bonds is 5. The molecule has 2 N–H and O–H groups in total. The van der Waals surface area contributed by atoms with Crippen LogP contribution in [-0.2, 0) is 4.79 Å². The minimum Gasteiger partial charge on any atom is -0.326 e. The molecular weight excluding hydrogens is 246 g/mol. The Morgan fingerprint density at radius 2 is 2.37 bits per heavy atom. The van der Waals surface area contributed by atoms with E-state index in [-0.39, 0.29) is 11.6 Å². The first kappa shape index (κ1) is 13.5. The van der Waals surface area contributed by atoms with Crippen molar-refractivity contribution in [2.24, 2.45) is 0 Å². The molecule has 6 heteroatoms. The molecule has 1 aliphatic heterocycles. The molecule has 1 amide bonds. The Morgan fingerprint density at radius 3 is 3.05 bits per heavy atom. The van der Waals surface area contributed by atoms with Crippen molar-refractivity contribution in [2.75, 3.05) is 11.9 Å². The van der Waals surface area contributed by atoms with Crippen molar-refractivity contribution in [3.8, 4) is 0 Å². The first-order chi connectivity index (χ1) is 9.15. The van der Waals surface area contributed by atoms with Crippen molar-refractivity contribution in [1.82, 2.24) is 5.32 Å². The Balaban J connectivity index is 1.84. The van der Waals surface area contributed by atoms with E-state index in [1.807, 2.05) is 0 Å². The zero-order valence-electron chi connectivity index (χ0n) is 10.6. The molecule has 0 spiro atoms. The molecule has 0 aromatic heterocycles. The second-order valence-corrected chi connectivity index (χ2v) is 4.69. The molecule has 0 radical (unpaired) electrons. The third-order valence-electron chi connectivity index (χ3n) is 3.22. The fraction of sp³-hybridized carbons (Fsp3) is 0.462. The quantitative estimate of drug-likeness (QED) is 0.629. The molecule has 1 unspecified atom stereocenters. The van der Waals surface area contributed by atoms with Gasteiger partial charge in [0, 0.05) is 30.3 Å². The lowest BCUT2D eigenvalue weighted by Gasteiger charge is -2.09.